The summed E-state index contributed by atoms with van der Waals surface area (Å²) in [6, 6.07) is 1.49. The number of aromatic nitrogens is 2. The monoisotopic (exact) mass is 280 g/mol. The summed E-state index contributed by atoms with van der Waals surface area (Å²) < 4.78 is 26.2. The van der Waals surface area contributed by atoms with Crippen molar-refractivity contribution in [3.05, 3.63) is 27.6 Å². The highest BCUT2D eigenvalue weighted by Gasteiger charge is 2.12. The lowest BCUT2D eigenvalue weighted by atomic mass is 10.3. The molecule has 12 heavy (non-hydrogen) atoms. The van der Waals surface area contributed by atoms with Crippen molar-refractivity contribution < 1.29 is 8.78 Å². The molecule has 1 aromatic heterocycles. The highest BCUT2D eigenvalue weighted by Crippen LogP contribution is 2.21. The summed E-state index contributed by atoms with van der Waals surface area (Å²) in [5.41, 5.74) is 0.561. The van der Waals surface area contributed by atoms with Crippen molar-refractivity contribution in [2.24, 2.45) is 0 Å². The molecule has 0 radical (unpaired) electrons. The maximum Gasteiger partial charge on any atom is 0.185 e. The van der Waals surface area contributed by atoms with Crippen LogP contribution in [0.25, 0.3) is 11.0 Å². The summed E-state index contributed by atoms with van der Waals surface area (Å²) in [4.78, 5) is 6.34. The van der Waals surface area contributed by atoms with Gasteiger partial charge in [-0.25, -0.2) is 13.8 Å². The van der Waals surface area contributed by atoms with Gasteiger partial charge in [-0.3, -0.25) is 0 Å². The van der Waals surface area contributed by atoms with Gasteiger partial charge in [-0.05, 0) is 28.7 Å². The molecule has 5 heteroatoms. The first-order valence-corrected chi connectivity index (χ1v) is 4.24. The van der Waals surface area contributed by atoms with Crippen molar-refractivity contribution in [3.8, 4) is 0 Å². The van der Waals surface area contributed by atoms with Crippen LogP contribution in [0.2, 0.25) is 0 Å². The zero-order valence-electron chi connectivity index (χ0n) is 5.74. The van der Waals surface area contributed by atoms with E-state index in [0.29, 0.717) is 5.52 Å². The lowest BCUT2D eigenvalue weighted by molar-refractivity contribution is 0.510. The van der Waals surface area contributed by atoms with Crippen LogP contribution in [0.1, 0.15) is 0 Å². The summed E-state index contributed by atoms with van der Waals surface area (Å²) in [5, 5.41) is 0. The molecule has 0 atom stereocenters. The number of imidazole rings is 1. The van der Waals surface area contributed by atoms with Crippen molar-refractivity contribution in [3.63, 3.8) is 0 Å². The van der Waals surface area contributed by atoms with Crippen molar-refractivity contribution in [1.29, 1.82) is 0 Å². The van der Waals surface area contributed by atoms with Crippen LogP contribution >= 0.6 is 22.6 Å². The average molecular weight is 280 g/mol. The van der Waals surface area contributed by atoms with Crippen LogP contribution in [-0.2, 0) is 0 Å². The number of hydrogen-bond donors (Lipinski definition) is 1. The van der Waals surface area contributed by atoms with Gasteiger partial charge in [-0.15, -0.1) is 0 Å². The minimum atomic E-state index is -0.866. The number of nitrogens with one attached hydrogen (secondary N) is 1. The van der Waals surface area contributed by atoms with E-state index in [2.05, 4.69) is 9.97 Å². The van der Waals surface area contributed by atoms with E-state index in [1.807, 2.05) is 0 Å². The molecule has 0 saturated carbocycles. The summed E-state index contributed by atoms with van der Waals surface area (Å²) in [5.74, 6) is -1.69. The van der Waals surface area contributed by atoms with Gasteiger partial charge in [0.25, 0.3) is 0 Å². The molecule has 2 aromatic rings. The predicted molar refractivity (Wildman–Crippen MR) is 48.7 cm³/mol. The SMILES string of the molecule is Fc1c(I)cc2nc[nH]c2c1F. The van der Waals surface area contributed by atoms with Crippen molar-refractivity contribution >= 4 is 33.6 Å². The number of aromatic amines is 1. The lowest BCUT2D eigenvalue weighted by Gasteiger charge is -1.96. The van der Waals surface area contributed by atoms with Crippen LogP contribution in [0.3, 0.4) is 0 Å². The van der Waals surface area contributed by atoms with E-state index in [1.54, 1.807) is 22.6 Å². The van der Waals surface area contributed by atoms with Crippen LogP contribution in [-0.4, -0.2) is 9.97 Å². The molecule has 1 aromatic carbocycles. The molecule has 0 amide bonds. The fourth-order valence-corrected chi connectivity index (χ4v) is 1.52. The molecular formula is C7H3F2IN2. The lowest BCUT2D eigenvalue weighted by Crippen LogP contribution is -1.89. The number of fused-ring (bicyclic) bond motifs is 1. The molecule has 0 spiro atoms. The summed E-state index contributed by atoms with van der Waals surface area (Å²) >= 11 is 1.73. The van der Waals surface area contributed by atoms with E-state index in [4.69, 9.17) is 0 Å². The highest BCUT2D eigenvalue weighted by molar-refractivity contribution is 14.1. The summed E-state index contributed by atoms with van der Waals surface area (Å²) in [6.07, 6.45) is 1.34. The molecule has 1 N–H and O–H groups in total. The van der Waals surface area contributed by atoms with Gasteiger partial charge in [0, 0.05) is 0 Å². The van der Waals surface area contributed by atoms with Gasteiger partial charge in [-0.1, -0.05) is 0 Å². The van der Waals surface area contributed by atoms with E-state index in [-0.39, 0.29) is 9.09 Å². The number of nitrogens with zero attached hydrogens (tertiary/aromatic N) is 1. The van der Waals surface area contributed by atoms with Gasteiger partial charge in [0.05, 0.1) is 15.4 Å². The van der Waals surface area contributed by atoms with Crippen LogP contribution < -0.4 is 0 Å². The second-order valence-electron chi connectivity index (χ2n) is 2.28. The molecule has 0 bridgehead atoms. The minimum absolute atomic E-state index is 0.118. The average Bonchev–Trinajstić information content (AvgIpc) is 2.48. The molecule has 0 aliphatic rings. The Hall–Kier alpha value is -0.720. The van der Waals surface area contributed by atoms with Crippen molar-refractivity contribution in [2.75, 3.05) is 0 Å². The maximum atomic E-state index is 13.0. The van der Waals surface area contributed by atoms with Gasteiger partial charge >= 0.3 is 0 Å². The van der Waals surface area contributed by atoms with E-state index >= 15 is 0 Å². The number of benzene rings is 1. The fourth-order valence-electron chi connectivity index (χ4n) is 0.988. The predicted octanol–water partition coefficient (Wildman–Crippen LogP) is 2.45. The Labute approximate surface area is 80.1 Å². The molecule has 1 heterocycles. The van der Waals surface area contributed by atoms with Crippen LogP contribution in [0.15, 0.2) is 12.4 Å². The molecule has 2 rings (SSSR count). The first-order valence-electron chi connectivity index (χ1n) is 3.16. The molecule has 0 aliphatic heterocycles. The zero-order chi connectivity index (χ0) is 8.72. The third kappa shape index (κ3) is 0.996. The molecule has 62 valence electrons. The molecule has 0 fully saturated rings. The van der Waals surface area contributed by atoms with Crippen LogP contribution in [0, 0.1) is 15.2 Å². The number of rotatable bonds is 0. The summed E-state index contributed by atoms with van der Waals surface area (Å²) in [7, 11) is 0. The Morgan fingerprint density at radius 2 is 2.08 bits per heavy atom. The van der Waals surface area contributed by atoms with E-state index in [1.165, 1.54) is 12.4 Å². The highest BCUT2D eigenvalue weighted by atomic mass is 127. The third-order valence-electron chi connectivity index (χ3n) is 1.55. The maximum absolute atomic E-state index is 13.0. The Morgan fingerprint density at radius 1 is 1.33 bits per heavy atom. The Kier molecular flexibility index (Phi) is 1.75. The molecule has 2 nitrogen and oxygen atoms in total. The normalized spacial score (nSPS) is 10.9. The molecular weight excluding hydrogens is 277 g/mol. The van der Waals surface area contributed by atoms with Crippen molar-refractivity contribution in [2.45, 2.75) is 0 Å². The topological polar surface area (TPSA) is 28.7 Å². The van der Waals surface area contributed by atoms with Crippen LogP contribution in [0.4, 0.5) is 8.78 Å². The smallest absolute Gasteiger partial charge is 0.185 e. The quantitative estimate of drug-likeness (QED) is 0.582. The van der Waals surface area contributed by atoms with Crippen molar-refractivity contribution in [1.82, 2.24) is 9.97 Å². The van der Waals surface area contributed by atoms with Gasteiger partial charge in [0.1, 0.15) is 5.52 Å². The second kappa shape index (κ2) is 2.65. The molecule has 0 saturated heterocycles. The second-order valence-corrected chi connectivity index (χ2v) is 3.45. The first kappa shape index (κ1) is 7.90. The van der Waals surface area contributed by atoms with Gasteiger partial charge in [0.15, 0.2) is 11.6 Å². The fraction of sp³-hybridized carbons (Fsp3) is 0. The number of H-pyrrole nitrogens is 1. The summed E-state index contributed by atoms with van der Waals surface area (Å²) in [6.45, 7) is 0. The molecule has 0 aliphatic carbocycles. The third-order valence-corrected chi connectivity index (χ3v) is 2.34. The van der Waals surface area contributed by atoms with Crippen LogP contribution in [0.5, 0.6) is 0 Å². The van der Waals surface area contributed by atoms with E-state index in [0.717, 1.165) is 0 Å². The standard InChI is InChI=1S/C7H3F2IN2/c8-5-3(10)1-4-7(6(5)9)12-2-11-4/h1-2H,(H,11,12). The van der Waals surface area contributed by atoms with Gasteiger partial charge < -0.3 is 4.98 Å². The largest absolute Gasteiger partial charge is 0.342 e. The minimum Gasteiger partial charge on any atom is -0.342 e. The Morgan fingerprint density at radius 3 is 2.83 bits per heavy atom. The van der Waals surface area contributed by atoms with Gasteiger partial charge in [0.2, 0.25) is 0 Å². The van der Waals surface area contributed by atoms with Gasteiger partial charge in [-0.2, -0.15) is 0 Å². The molecule has 0 unspecified atom stereocenters. The van der Waals surface area contributed by atoms with E-state index < -0.39 is 11.6 Å². The zero-order valence-corrected chi connectivity index (χ0v) is 7.89. The Balaban J connectivity index is 2.94. The van der Waals surface area contributed by atoms with E-state index in [9.17, 15) is 8.78 Å². The first-order chi connectivity index (χ1) is 5.70. The Bertz CT molecular complexity index is 438. The number of halogens is 3. The number of hydrogen-bond acceptors (Lipinski definition) is 1.